The van der Waals surface area contributed by atoms with E-state index in [2.05, 4.69) is 43.1 Å². The van der Waals surface area contributed by atoms with Crippen molar-refractivity contribution in [2.24, 2.45) is 5.92 Å². The monoisotopic (exact) mass is 455 g/mol. The lowest BCUT2D eigenvalue weighted by molar-refractivity contribution is -0.129. The summed E-state index contributed by atoms with van der Waals surface area (Å²) in [7, 11) is 0. The fourth-order valence-corrected chi connectivity index (χ4v) is 5.57. The molecule has 1 aliphatic carbocycles. The number of nitrogens with zero attached hydrogens (tertiary/aromatic N) is 2. The summed E-state index contributed by atoms with van der Waals surface area (Å²) in [6, 6.07) is 7.96. The van der Waals surface area contributed by atoms with Gasteiger partial charge in [0.2, 0.25) is 5.91 Å². The van der Waals surface area contributed by atoms with E-state index in [1.54, 1.807) is 0 Å². The highest BCUT2D eigenvalue weighted by Gasteiger charge is 2.37. The van der Waals surface area contributed by atoms with Crippen molar-refractivity contribution in [2.45, 2.75) is 76.9 Å². The van der Waals surface area contributed by atoms with E-state index < -0.39 is 0 Å². The van der Waals surface area contributed by atoms with Gasteiger partial charge in [0.25, 0.3) is 5.91 Å². The maximum absolute atomic E-state index is 13.2. The summed E-state index contributed by atoms with van der Waals surface area (Å²) in [5.41, 5.74) is 2.06. The van der Waals surface area contributed by atoms with Gasteiger partial charge >= 0.3 is 0 Å². The third-order valence-electron chi connectivity index (χ3n) is 7.64. The summed E-state index contributed by atoms with van der Waals surface area (Å²) in [6.07, 6.45) is 6.95. The van der Waals surface area contributed by atoms with Gasteiger partial charge < -0.3 is 15.0 Å². The van der Waals surface area contributed by atoms with Crippen molar-refractivity contribution >= 4 is 11.8 Å². The number of amides is 2. The molecule has 2 saturated heterocycles. The van der Waals surface area contributed by atoms with Gasteiger partial charge in [-0.25, -0.2) is 0 Å². The summed E-state index contributed by atoms with van der Waals surface area (Å²) in [5.74, 6) is 0.659. The summed E-state index contributed by atoms with van der Waals surface area (Å²) in [6.45, 7) is 10.8. The number of rotatable bonds is 6. The second-order valence-electron chi connectivity index (χ2n) is 11.0. The Balaban J connectivity index is 1.35. The molecule has 0 radical (unpaired) electrons. The molecule has 1 saturated carbocycles. The molecule has 1 aromatic rings. The lowest BCUT2D eigenvalue weighted by Gasteiger charge is -2.41. The van der Waals surface area contributed by atoms with Crippen molar-refractivity contribution in [3.63, 3.8) is 0 Å². The van der Waals surface area contributed by atoms with Crippen LogP contribution >= 0.6 is 0 Å². The number of hydrogen-bond acceptors (Lipinski definition) is 4. The molecule has 4 rings (SSSR count). The van der Waals surface area contributed by atoms with Crippen molar-refractivity contribution in [1.29, 1.82) is 0 Å². The first-order chi connectivity index (χ1) is 15.8. The number of nitrogens with one attached hydrogen (secondary N) is 1. The van der Waals surface area contributed by atoms with E-state index >= 15 is 0 Å². The zero-order valence-electron chi connectivity index (χ0n) is 20.6. The molecule has 182 valence electrons. The summed E-state index contributed by atoms with van der Waals surface area (Å²) >= 11 is 0. The maximum atomic E-state index is 13.2. The minimum atomic E-state index is -0.0859. The Labute approximate surface area is 199 Å². The lowest BCUT2D eigenvalue weighted by atomic mass is 9.86. The molecule has 0 aromatic heterocycles. The zero-order valence-corrected chi connectivity index (χ0v) is 20.6. The number of benzene rings is 1. The van der Waals surface area contributed by atoms with Gasteiger partial charge in [-0.1, -0.05) is 45.7 Å². The number of ether oxygens (including phenoxy) is 1. The van der Waals surface area contributed by atoms with Gasteiger partial charge in [-0.05, 0) is 54.7 Å². The topological polar surface area (TPSA) is 61.9 Å². The molecule has 2 amide bonds. The van der Waals surface area contributed by atoms with Crippen LogP contribution in [0.4, 0.5) is 0 Å². The Hall–Kier alpha value is -1.92. The van der Waals surface area contributed by atoms with Gasteiger partial charge in [0.1, 0.15) is 0 Å². The number of carbonyl (C=O) groups is 2. The zero-order chi connectivity index (χ0) is 23.4. The van der Waals surface area contributed by atoms with Crippen LogP contribution in [0.5, 0.6) is 0 Å². The average Bonchev–Trinajstić information content (AvgIpc) is 3.52. The number of piperazine rings is 1. The van der Waals surface area contributed by atoms with E-state index in [0.717, 1.165) is 50.9 Å². The van der Waals surface area contributed by atoms with Crippen LogP contribution in [0.15, 0.2) is 24.3 Å². The molecule has 1 N–H and O–H groups in total. The SMILES string of the molecule is CC(C)(C)c1ccc(C(=O)N2CCN([C@H](C(=O)NC[C@@H]3CCCO3)C3CCCC3)CC2)cc1. The third kappa shape index (κ3) is 5.96. The molecule has 6 heteroatoms. The van der Waals surface area contributed by atoms with Crippen LogP contribution in [0.3, 0.4) is 0 Å². The van der Waals surface area contributed by atoms with Crippen LogP contribution in [-0.4, -0.2) is 73.1 Å². The maximum Gasteiger partial charge on any atom is 0.253 e. The highest BCUT2D eigenvalue weighted by Crippen LogP contribution is 2.31. The predicted molar refractivity (Wildman–Crippen MR) is 130 cm³/mol. The van der Waals surface area contributed by atoms with Crippen LogP contribution in [0.25, 0.3) is 0 Å². The molecule has 0 unspecified atom stereocenters. The van der Waals surface area contributed by atoms with Crippen LogP contribution in [-0.2, 0) is 14.9 Å². The van der Waals surface area contributed by atoms with Crippen LogP contribution < -0.4 is 5.32 Å². The van der Waals surface area contributed by atoms with E-state index in [9.17, 15) is 9.59 Å². The molecule has 0 spiro atoms. The number of carbonyl (C=O) groups excluding carboxylic acids is 2. The Kier molecular flexibility index (Phi) is 7.75. The van der Waals surface area contributed by atoms with Gasteiger partial charge in [-0.15, -0.1) is 0 Å². The molecule has 3 aliphatic rings. The van der Waals surface area contributed by atoms with Gasteiger partial charge in [-0.2, -0.15) is 0 Å². The first-order valence-electron chi connectivity index (χ1n) is 12.9. The van der Waals surface area contributed by atoms with E-state index in [1.165, 1.54) is 18.4 Å². The van der Waals surface area contributed by atoms with Gasteiger partial charge in [0, 0.05) is 44.9 Å². The fourth-order valence-electron chi connectivity index (χ4n) is 5.57. The third-order valence-corrected chi connectivity index (χ3v) is 7.64. The van der Waals surface area contributed by atoms with Crippen LogP contribution in [0.2, 0.25) is 0 Å². The van der Waals surface area contributed by atoms with Crippen LogP contribution in [0, 0.1) is 5.92 Å². The Bertz CT molecular complexity index is 797. The molecule has 1 aromatic carbocycles. The van der Waals surface area contributed by atoms with Gasteiger partial charge in [0.05, 0.1) is 12.1 Å². The standard InChI is InChI=1S/C27H41N3O3/c1-27(2,3)22-12-10-21(11-13-22)26(32)30-16-14-29(15-17-30)24(20-7-4-5-8-20)25(31)28-19-23-9-6-18-33-23/h10-13,20,23-24H,4-9,14-19H2,1-3H3,(H,28,31)/t23-,24-/m0/s1. The fraction of sp³-hybridized carbons (Fsp3) is 0.704. The summed E-state index contributed by atoms with van der Waals surface area (Å²) < 4.78 is 5.69. The van der Waals surface area contributed by atoms with Crippen molar-refractivity contribution in [1.82, 2.24) is 15.1 Å². The number of hydrogen-bond donors (Lipinski definition) is 1. The normalized spacial score (nSPS) is 23.6. The molecule has 2 atom stereocenters. The van der Waals surface area contributed by atoms with E-state index in [4.69, 9.17) is 4.74 Å². The highest BCUT2D eigenvalue weighted by atomic mass is 16.5. The second kappa shape index (κ2) is 10.6. The van der Waals surface area contributed by atoms with Gasteiger partial charge in [0.15, 0.2) is 0 Å². The Morgan fingerprint density at radius 3 is 2.24 bits per heavy atom. The second-order valence-corrected chi connectivity index (χ2v) is 11.0. The van der Waals surface area contributed by atoms with Crippen molar-refractivity contribution < 1.29 is 14.3 Å². The van der Waals surface area contributed by atoms with E-state index in [-0.39, 0.29) is 29.4 Å². The average molecular weight is 456 g/mol. The Morgan fingerprint density at radius 2 is 1.67 bits per heavy atom. The minimum absolute atomic E-state index is 0.0763. The first kappa shape index (κ1) is 24.2. The summed E-state index contributed by atoms with van der Waals surface area (Å²) in [5, 5.41) is 3.19. The molecular weight excluding hydrogens is 414 g/mol. The lowest BCUT2D eigenvalue weighted by Crippen LogP contribution is -2.58. The molecular formula is C27H41N3O3. The van der Waals surface area contributed by atoms with Crippen molar-refractivity contribution in [3.05, 3.63) is 35.4 Å². The quantitative estimate of drug-likeness (QED) is 0.712. The first-order valence-corrected chi connectivity index (χ1v) is 12.9. The minimum Gasteiger partial charge on any atom is -0.376 e. The van der Waals surface area contributed by atoms with Crippen molar-refractivity contribution in [2.75, 3.05) is 39.3 Å². The van der Waals surface area contributed by atoms with E-state index in [1.807, 2.05) is 17.0 Å². The van der Waals surface area contributed by atoms with Gasteiger partial charge in [-0.3, -0.25) is 14.5 Å². The molecule has 0 bridgehead atoms. The van der Waals surface area contributed by atoms with Crippen LogP contribution in [0.1, 0.15) is 75.2 Å². The molecule has 33 heavy (non-hydrogen) atoms. The summed E-state index contributed by atoms with van der Waals surface area (Å²) in [4.78, 5) is 30.6. The molecule has 6 nitrogen and oxygen atoms in total. The van der Waals surface area contributed by atoms with Crippen molar-refractivity contribution in [3.8, 4) is 0 Å². The Morgan fingerprint density at radius 1 is 1.00 bits per heavy atom. The highest BCUT2D eigenvalue weighted by molar-refractivity contribution is 5.94. The molecule has 3 fully saturated rings. The molecule has 2 heterocycles. The van der Waals surface area contributed by atoms with E-state index in [0.29, 0.717) is 25.6 Å². The smallest absolute Gasteiger partial charge is 0.253 e. The largest absolute Gasteiger partial charge is 0.376 e. The molecule has 2 aliphatic heterocycles. The predicted octanol–water partition coefficient (Wildman–Crippen LogP) is 3.60.